The number of hydrogen-bond acceptors (Lipinski definition) is 7. The van der Waals surface area contributed by atoms with E-state index in [1.807, 2.05) is 75.0 Å². The van der Waals surface area contributed by atoms with Gasteiger partial charge in [-0.2, -0.15) is 0 Å². The molecule has 10 heteroatoms. The maximum absolute atomic E-state index is 13.3. The lowest BCUT2D eigenvalue weighted by molar-refractivity contribution is -0.134. The van der Waals surface area contributed by atoms with E-state index in [0.29, 0.717) is 30.7 Å². The quantitative estimate of drug-likeness (QED) is 0.173. The van der Waals surface area contributed by atoms with E-state index in [-0.39, 0.29) is 11.9 Å². The smallest absolute Gasteiger partial charge is 0.410 e. The second-order valence-corrected chi connectivity index (χ2v) is 12.2. The molecule has 1 amide bonds. The van der Waals surface area contributed by atoms with Crippen LogP contribution in [0.2, 0.25) is 0 Å². The second kappa shape index (κ2) is 15.4. The molecule has 1 aromatic heterocycles. The van der Waals surface area contributed by atoms with E-state index >= 15 is 0 Å². The molecule has 0 N–H and O–H groups in total. The number of thioether (sulfide) groups is 1. The molecular formula is C34H41FN4O4S. The number of allylic oxidation sites excluding steroid dienone is 2. The molecule has 0 atom stereocenters. The number of hydrogen-bond donors (Lipinski definition) is 0. The molecule has 2 aromatic rings. The first kappa shape index (κ1) is 34.2. The molecule has 0 aliphatic carbocycles. The summed E-state index contributed by atoms with van der Waals surface area (Å²) < 4.78 is 25.5. The molecule has 1 aliphatic heterocycles. The summed E-state index contributed by atoms with van der Waals surface area (Å²) in [7, 11) is 5.07. The Hall–Kier alpha value is -4.31. The highest BCUT2D eigenvalue weighted by Crippen LogP contribution is 2.26. The number of aromatic nitrogens is 1. The minimum atomic E-state index is -0.532. The van der Waals surface area contributed by atoms with Crippen molar-refractivity contribution in [3.05, 3.63) is 112 Å². The highest BCUT2D eigenvalue weighted by molar-refractivity contribution is 8.05. The molecule has 0 bridgehead atoms. The maximum Gasteiger partial charge on any atom is 0.410 e. The third-order valence-corrected chi connectivity index (χ3v) is 7.59. The fourth-order valence-corrected chi connectivity index (χ4v) is 4.75. The van der Waals surface area contributed by atoms with E-state index in [0.717, 1.165) is 27.3 Å². The van der Waals surface area contributed by atoms with E-state index in [2.05, 4.69) is 12.7 Å². The molecule has 3 rings (SSSR count). The molecule has 234 valence electrons. The number of carbonyl (C=O) groups excluding carboxylic acids is 2. The van der Waals surface area contributed by atoms with Crippen molar-refractivity contribution in [3.63, 3.8) is 0 Å². The molecule has 0 spiro atoms. The number of nitrogens with zero attached hydrogens (tertiary/aromatic N) is 4. The topological polar surface area (TPSA) is 76.4 Å². The molecule has 2 heterocycles. The van der Waals surface area contributed by atoms with Gasteiger partial charge in [0.05, 0.1) is 17.8 Å². The summed E-state index contributed by atoms with van der Waals surface area (Å²) >= 11 is 1.42. The molecule has 0 unspecified atom stereocenters. The van der Waals surface area contributed by atoms with Gasteiger partial charge in [0.25, 0.3) is 0 Å². The van der Waals surface area contributed by atoms with Crippen LogP contribution >= 0.6 is 11.8 Å². The Kier molecular flexibility index (Phi) is 12.0. The van der Waals surface area contributed by atoms with Crippen LogP contribution in [0.3, 0.4) is 0 Å². The number of methoxy groups -OCH3 is 1. The van der Waals surface area contributed by atoms with Crippen LogP contribution in [0.1, 0.15) is 45.2 Å². The predicted molar refractivity (Wildman–Crippen MR) is 175 cm³/mol. The summed E-state index contributed by atoms with van der Waals surface area (Å²) in [6.07, 6.45) is 9.13. The van der Waals surface area contributed by atoms with Crippen LogP contribution in [0.5, 0.6) is 0 Å². The third kappa shape index (κ3) is 10.4. The zero-order valence-corrected chi connectivity index (χ0v) is 27.3. The van der Waals surface area contributed by atoms with Crippen molar-refractivity contribution in [2.24, 2.45) is 12.0 Å². The number of halogens is 1. The average molecular weight is 621 g/mol. The molecule has 0 fully saturated rings. The Morgan fingerprint density at radius 3 is 2.43 bits per heavy atom. The Balaban J connectivity index is 1.80. The Labute approximate surface area is 263 Å². The van der Waals surface area contributed by atoms with E-state index < -0.39 is 11.6 Å². The van der Waals surface area contributed by atoms with Gasteiger partial charge in [-0.15, -0.1) is 0 Å². The van der Waals surface area contributed by atoms with Crippen molar-refractivity contribution < 1.29 is 23.5 Å². The lowest BCUT2D eigenvalue weighted by atomic mass is 10.0. The normalized spacial score (nSPS) is 14.9. The second-order valence-electron chi connectivity index (χ2n) is 11.2. The predicted octanol–water partition coefficient (Wildman–Crippen LogP) is 6.86. The number of rotatable bonds is 9. The molecule has 1 aliphatic rings. The van der Waals surface area contributed by atoms with Crippen LogP contribution < -0.4 is 5.49 Å². The maximum atomic E-state index is 13.3. The molecule has 8 nitrogen and oxygen atoms in total. The lowest BCUT2D eigenvalue weighted by Crippen LogP contribution is -2.39. The van der Waals surface area contributed by atoms with Gasteiger partial charge < -0.3 is 23.8 Å². The number of ether oxygens (including phenoxy) is 2. The number of amides is 1. The van der Waals surface area contributed by atoms with Crippen molar-refractivity contribution in [3.8, 4) is 0 Å². The van der Waals surface area contributed by atoms with Crippen LogP contribution in [-0.2, 0) is 21.3 Å². The summed E-state index contributed by atoms with van der Waals surface area (Å²) in [5, 5.41) is 2.67. The molecule has 0 saturated heterocycles. The van der Waals surface area contributed by atoms with Crippen molar-refractivity contribution in [2.75, 3.05) is 27.2 Å². The number of aryl methyl sites for hydroxylation is 1. The van der Waals surface area contributed by atoms with Gasteiger partial charge in [-0.05, 0) is 92.1 Å². The van der Waals surface area contributed by atoms with Gasteiger partial charge in [-0.1, -0.05) is 36.5 Å². The number of carbonyl (C=O) groups is 2. The van der Waals surface area contributed by atoms with E-state index in [9.17, 15) is 14.0 Å². The van der Waals surface area contributed by atoms with Gasteiger partial charge in [0.1, 0.15) is 16.9 Å². The largest absolute Gasteiger partial charge is 0.466 e. The van der Waals surface area contributed by atoms with E-state index in [1.165, 1.54) is 37.1 Å². The fourth-order valence-electron chi connectivity index (χ4n) is 4.08. The first-order valence-electron chi connectivity index (χ1n) is 14.1. The van der Waals surface area contributed by atoms with Crippen molar-refractivity contribution in [1.82, 2.24) is 14.4 Å². The Morgan fingerprint density at radius 2 is 1.84 bits per heavy atom. The van der Waals surface area contributed by atoms with Gasteiger partial charge in [-0.3, -0.25) is 0 Å². The van der Waals surface area contributed by atoms with Crippen LogP contribution in [0.4, 0.5) is 9.18 Å². The molecule has 1 aromatic carbocycles. The monoisotopic (exact) mass is 620 g/mol. The van der Waals surface area contributed by atoms with Gasteiger partial charge in [-0.25, -0.2) is 19.0 Å². The molecule has 0 radical (unpaired) electrons. The van der Waals surface area contributed by atoms with Crippen LogP contribution in [0, 0.1) is 5.82 Å². The van der Waals surface area contributed by atoms with Crippen LogP contribution in [0.25, 0.3) is 11.1 Å². The minimum Gasteiger partial charge on any atom is -0.466 e. The molecule has 0 saturated carbocycles. The molecule has 44 heavy (non-hydrogen) atoms. The van der Waals surface area contributed by atoms with Crippen LogP contribution in [-0.4, -0.2) is 59.3 Å². The summed E-state index contributed by atoms with van der Waals surface area (Å²) in [6.45, 7) is 12.8. The average Bonchev–Trinajstić information content (AvgIpc) is 2.98. The van der Waals surface area contributed by atoms with E-state index in [1.54, 1.807) is 29.3 Å². The summed E-state index contributed by atoms with van der Waals surface area (Å²) in [5.74, 6) is -0.773. The Morgan fingerprint density at radius 1 is 1.14 bits per heavy atom. The van der Waals surface area contributed by atoms with Crippen LogP contribution in [0.15, 0.2) is 94.7 Å². The Bertz CT molecular complexity index is 1560. The van der Waals surface area contributed by atoms with Crippen molar-refractivity contribution in [2.45, 2.75) is 39.7 Å². The zero-order chi connectivity index (χ0) is 32.4. The number of pyridine rings is 1. The van der Waals surface area contributed by atoms with Gasteiger partial charge >= 0.3 is 12.1 Å². The first-order valence-corrected chi connectivity index (χ1v) is 15.0. The zero-order valence-electron chi connectivity index (χ0n) is 26.5. The standard InChI is InChI=1S/C34H41FN4O4S/c1-24(26-9-12-29(35)13-10-26)23-44-25(2)37(6)22-30(14-16-32(40)42-8)36-31-15-11-28(21-38(31)7)27-17-19-39(20-18-27)33(41)43-34(3,4)5/h9-17,21-23H,2,18-20H2,1,3-8H3/b16-14+,24-23+,30-22+,36-31-. The third-order valence-electron chi connectivity index (χ3n) is 6.56. The molecular weight excluding hydrogens is 579 g/mol. The summed E-state index contributed by atoms with van der Waals surface area (Å²) in [5.41, 5.74) is 4.72. The number of benzene rings is 1. The lowest BCUT2D eigenvalue weighted by Gasteiger charge is -2.29. The minimum absolute atomic E-state index is 0.277. The van der Waals surface area contributed by atoms with E-state index in [4.69, 9.17) is 14.5 Å². The van der Waals surface area contributed by atoms with Crippen molar-refractivity contribution >= 4 is 35.0 Å². The summed E-state index contributed by atoms with van der Waals surface area (Å²) in [6, 6.07) is 10.2. The first-order chi connectivity index (χ1) is 20.8. The highest BCUT2D eigenvalue weighted by atomic mass is 32.2. The van der Waals surface area contributed by atoms with Gasteiger partial charge in [0, 0.05) is 45.7 Å². The SMILES string of the molecule is C=C(S/C=C(\C)c1ccc(F)cc1)N(C)/C=C(\C=C\C(=O)OC)/N=c1/ccc(C2=CCN(C(=O)OC(C)(C)C)CC2)cn1C. The van der Waals surface area contributed by atoms with Crippen molar-refractivity contribution in [1.29, 1.82) is 0 Å². The van der Waals surface area contributed by atoms with Gasteiger partial charge in [0.2, 0.25) is 0 Å². The highest BCUT2D eigenvalue weighted by Gasteiger charge is 2.24. The number of esters is 1. The van der Waals surface area contributed by atoms with Gasteiger partial charge in [0.15, 0.2) is 0 Å². The summed E-state index contributed by atoms with van der Waals surface area (Å²) in [4.78, 5) is 32.6. The fraction of sp³-hybridized carbons (Fsp3) is 0.324.